The summed E-state index contributed by atoms with van der Waals surface area (Å²) in [5.41, 5.74) is 0.543. The molecule has 0 fully saturated rings. The van der Waals surface area contributed by atoms with E-state index in [4.69, 9.17) is 10.5 Å². The van der Waals surface area contributed by atoms with Gasteiger partial charge in [0, 0.05) is 0 Å². The first kappa shape index (κ1) is 14.4. The van der Waals surface area contributed by atoms with Crippen LogP contribution in [0.25, 0.3) is 0 Å². The van der Waals surface area contributed by atoms with E-state index in [0.29, 0.717) is 5.56 Å². The number of nitrogens with zero attached hydrogens (tertiary/aromatic N) is 2. The Bertz CT molecular complexity index is 635. The lowest BCUT2D eigenvalue weighted by molar-refractivity contribution is 0.600. The standard InChI is InChI=1S/C12H9BrN2O2S/c13-9-18(16,17)12-4-2-1-3-11(12)6-5-10(7-14)8-15/h1-5H,6,9H2. The average Bonchev–Trinajstić information content (AvgIpc) is 2.40. The van der Waals surface area contributed by atoms with Crippen molar-refractivity contribution in [1.29, 1.82) is 10.5 Å². The highest BCUT2D eigenvalue weighted by atomic mass is 79.9. The first-order valence-corrected chi connectivity index (χ1v) is 7.69. The number of benzene rings is 1. The van der Waals surface area contributed by atoms with E-state index in [1.54, 1.807) is 30.3 Å². The van der Waals surface area contributed by atoms with Crippen molar-refractivity contribution in [1.82, 2.24) is 0 Å². The van der Waals surface area contributed by atoms with Crippen LogP contribution >= 0.6 is 15.9 Å². The van der Waals surface area contributed by atoms with Gasteiger partial charge in [-0.25, -0.2) is 8.42 Å². The van der Waals surface area contributed by atoms with Crippen molar-refractivity contribution in [2.24, 2.45) is 0 Å². The van der Waals surface area contributed by atoms with E-state index in [2.05, 4.69) is 15.9 Å². The van der Waals surface area contributed by atoms with Crippen LogP contribution in [0, 0.1) is 22.7 Å². The smallest absolute Gasteiger partial charge is 0.188 e. The van der Waals surface area contributed by atoms with Gasteiger partial charge in [-0.1, -0.05) is 40.2 Å². The third-order valence-electron chi connectivity index (χ3n) is 2.22. The Kier molecular flexibility index (Phi) is 5.08. The third-order valence-corrected chi connectivity index (χ3v) is 5.38. The lowest BCUT2D eigenvalue weighted by Gasteiger charge is -2.06. The molecule has 0 radical (unpaired) electrons. The minimum atomic E-state index is -3.37. The van der Waals surface area contributed by atoms with Gasteiger partial charge < -0.3 is 0 Å². The summed E-state index contributed by atoms with van der Waals surface area (Å²) in [4.78, 5) is 0.216. The van der Waals surface area contributed by atoms with Crippen molar-refractivity contribution in [2.75, 3.05) is 4.66 Å². The molecule has 0 saturated carbocycles. The van der Waals surface area contributed by atoms with E-state index < -0.39 is 9.84 Å². The zero-order chi connectivity index (χ0) is 13.6. The van der Waals surface area contributed by atoms with Crippen molar-refractivity contribution in [3.8, 4) is 12.1 Å². The van der Waals surface area contributed by atoms with Crippen molar-refractivity contribution >= 4 is 25.8 Å². The van der Waals surface area contributed by atoms with E-state index >= 15 is 0 Å². The molecule has 0 amide bonds. The largest absolute Gasteiger partial charge is 0.223 e. The molecule has 1 aromatic rings. The van der Waals surface area contributed by atoms with Gasteiger partial charge in [0.2, 0.25) is 0 Å². The van der Waals surface area contributed by atoms with Gasteiger partial charge in [-0.15, -0.1) is 0 Å². The summed E-state index contributed by atoms with van der Waals surface area (Å²) in [6.45, 7) is 0. The molecule has 6 heteroatoms. The maximum Gasteiger partial charge on any atom is 0.188 e. The quantitative estimate of drug-likeness (QED) is 0.628. The highest BCUT2D eigenvalue weighted by Gasteiger charge is 2.15. The van der Waals surface area contributed by atoms with Gasteiger partial charge in [-0.05, 0) is 18.1 Å². The Morgan fingerprint density at radius 2 is 1.89 bits per heavy atom. The number of hydrogen-bond acceptors (Lipinski definition) is 4. The Hall–Kier alpha value is -1.63. The van der Waals surface area contributed by atoms with Gasteiger partial charge in [0.1, 0.15) is 22.4 Å². The number of allylic oxidation sites excluding steroid dienone is 2. The van der Waals surface area contributed by atoms with Crippen LogP contribution in [-0.4, -0.2) is 13.1 Å². The predicted octanol–water partition coefficient (Wildman–Crippen LogP) is 2.33. The number of sulfone groups is 1. The lowest BCUT2D eigenvalue weighted by atomic mass is 10.1. The van der Waals surface area contributed by atoms with Crippen LogP contribution in [0.3, 0.4) is 0 Å². The zero-order valence-corrected chi connectivity index (χ0v) is 11.7. The normalized spacial score (nSPS) is 10.2. The van der Waals surface area contributed by atoms with Crippen molar-refractivity contribution in [3.05, 3.63) is 41.5 Å². The molecule has 0 N–H and O–H groups in total. The van der Waals surface area contributed by atoms with Crippen LogP contribution in [0.15, 0.2) is 40.8 Å². The van der Waals surface area contributed by atoms with Gasteiger partial charge in [0.15, 0.2) is 9.84 Å². The monoisotopic (exact) mass is 324 g/mol. The van der Waals surface area contributed by atoms with Crippen LogP contribution in [0.5, 0.6) is 0 Å². The molecule has 18 heavy (non-hydrogen) atoms. The summed E-state index contributed by atoms with van der Waals surface area (Å²) >= 11 is 2.94. The summed E-state index contributed by atoms with van der Waals surface area (Å²) in [6, 6.07) is 10.0. The summed E-state index contributed by atoms with van der Waals surface area (Å²) in [5.74, 6) is 0. The van der Waals surface area contributed by atoms with E-state index in [0.717, 1.165) is 0 Å². The van der Waals surface area contributed by atoms with Gasteiger partial charge in [0.25, 0.3) is 0 Å². The molecule has 0 saturated heterocycles. The molecule has 0 aromatic heterocycles. The fraction of sp³-hybridized carbons (Fsp3) is 0.167. The molecular weight excluding hydrogens is 316 g/mol. The van der Waals surface area contributed by atoms with E-state index in [9.17, 15) is 8.42 Å². The fourth-order valence-corrected chi connectivity index (χ4v) is 3.06. The predicted molar refractivity (Wildman–Crippen MR) is 70.4 cm³/mol. The maximum absolute atomic E-state index is 11.8. The SMILES string of the molecule is N#CC(C#N)=CCc1ccccc1S(=O)(=O)CBr. The Labute approximate surface area is 114 Å². The third kappa shape index (κ3) is 3.43. The van der Waals surface area contributed by atoms with E-state index in [1.807, 2.05) is 0 Å². The molecular formula is C12H9BrN2O2S. The molecule has 1 rings (SSSR count). The van der Waals surface area contributed by atoms with Crippen LogP contribution < -0.4 is 0 Å². The number of alkyl halides is 1. The van der Waals surface area contributed by atoms with Crippen molar-refractivity contribution in [2.45, 2.75) is 11.3 Å². The van der Waals surface area contributed by atoms with E-state index in [-0.39, 0.29) is 21.6 Å². The molecule has 1 aromatic carbocycles. The fourth-order valence-electron chi connectivity index (χ4n) is 1.36. The lowest BCUT2D eigenvalue weighted by Crippen LogP contribution is -2.05. The van der Waals surface area contributed by atoms with Gasteiger partial charge in [-0.3, -0.25) is 0 Å². The van der Waals surface area contributed by atoms with Crippen molar-refractivity contribution < 1.29 is 8.42 Å². The Balaban J connectivity index is 3.18. The van der Waals surface area contributed by atoms with Crippen LogP contribution in [0.1, 0.15) is 5.56 Å². The molecule has 0 heterocycles. The second-order valence-corrected chi connectivity index (χ2v) is 6.64. The Morgan fingerprint density at radius 3 is 2.44 bits per heavy atom. The second-order valence-electron chi connectivity index (χ2n) is 3.38. The van der Waals surface area contributed by atoms with Gasteiger partial charge >= 0.3 is 0 Å². The summed E-state index contributed by atoms with van der Waals surface area (Å²) in [5, 5.41) is 17.2. The highest BCUT2D eigenvalue weighted by Crippen LogP contribution is 2.19. The molecule has 0 aliphatic carbocycles. The molecule has 0 aliphatic rings. The molecule has 0 atom stereocenters. The van der Waals surface area contributed by atoms with Crippen LogP contribution in [-0.2, 0) is 16.3 Å². The molecule has 0 bridgehead atoms. The zero-order valence-electron chi connectivity index (χ0n) is 9.30. The minimum Gasteiger partial charge on any atom is -0.223 e. The first-order chi connectivity index (χ1) is 8.55. The number of nitriles is 2. The number of halogens is 1. The van der Waals surface area contributed by atoms with Gasteiger partial charge in [0.05, 0.1) is 4.90 Å². The summed E-state index contributed by atoms with van der Waals surface area (Å²) in [7, 11) is -3.37. The highest BCUT2D eigenvalue weighted by molar-refractivity contribution is 9.10. The van der Waals surface area contributed by atoms with Gasteiger partial charge in [-0.2, -0.15) is 10.5 Å². The summed E-state index contributed by atoms with van der Waals surface area (Å²) in [6.07, 6.45) is 1.65. The molecule has 0 unspecified atom stereocenters. The second kappa shape index (κ2) is 6.34. The van der Waals surface area contributed by atoms with Crippen LogP contribution in [0.4, 0.5) is 0 Å². The number of hydrogen-bond donors (Lipinski definition) is 0. The molecule has 0 aliphatic heterocycles. The average molecular weight is 325 g/mol. The maximum atomic E-state index is 11.8. The molecule has 4 nitrogen and oxygen atoms in total. The first-order valence-electron chi connectivity index (χ1n) is 4.92. The molecule has 92 valence electrons. The van der Waals surface area contributed by atoms with Crippen LogP contribution in [0.2, 0.25) is 0 Å². The minimum absolute atomic E-state index is 0.0268. The topological polar surface area (TPSA) is 81.7 Å². The van der Waals surface area contributed by atoms with E-state index in [1.165, 1.54) is 12.1 Å². The van der Waals surface area contributed by atoms with Crippen molar-refractivity contribution in [3.63, 3.8) is 0 Å². The molecule has 0 spiro atoms. The number of rotatable bonds is 4. The Morgan fingerprint density at radius 1 is 1.28 bits per heavy atom. The summed E-state index contributed by atoms with van der Waals surface area (Å²) < 4.78 is 23.5.